The average Bonchev–Trinajstić information content (AvgIpc) is 3.47. The molecule has 0 spiro atoms. The summed E-state index contributed by atoms with van der Waals surface area (Å²) in [7, 11) is 2.26. The van der Waals surface area contributed by atoms with Crippen LogP contribution >= 0.6 is 0 Å². The Morgan fingerprint density at radius 3 is 1.24 bits per heavy atom. The molecule has 0 aliphatic carbocycles. The minimum absolute atomic E-state index is 0.0670. The highest BCUT2D eigenvalue weighted by Gasteiger charge is 2.66. The summed E-state index contributed by atoms with van der Waals surface area (Å²) < 4.78 is 158. The zero-order chi connectivity index (χ0) is 59.0. The van der Waals surface area contributed by atoms with Crippen molar-refractivity contribution in [2.24, 2.45) is 0 Å². The third-order valence-electron chi connectivity index (χ3n) is 12.8. The number of ether oxygens (including phenoxy) is 6. The molecule has 0 bridgehead atoms. The average molecular weight is 1130 g/mol. The molecule has 0 heterocycles. The molecule has 3 rings (SSSR count). The number of alkyl halides is 9. The van der Waals surface area contributed by atoms with E-state index in [1.54, 1.807) is 6.08 Å². The molecule has 0 saturated carbocycles. The Labute approximate surface area is 463 Å². The van der Waals surface area contributed by atoms with Crippen molar-refractivity contribution in [1.82, 2.24) is 0 Å². The molecule has 0 radical (unpaired) electrons. The monoisotopic (exact) mass is 1130 g/mol. The fourth-order valence-corrected chi connectivity index (χ4v) is 8.49. The Balaban J connectivity index is 1.39. The van der Waals surface area contributed by atoms with Crippen molar-refractivity contribution in [1.29, 1.82) is 0 Å². The maximum Gasteiger partial charge on any atom is 0.432 e. The number of hydrogen-bond acceptors (Lipinski definition) is 9. The van der Waals surface area contributed by atoms with Crippen LogP contribution in [0.2, 0.25) is 0 Å². The molecule has 0 aromatic heterocycles. The van der Waals surface area contributed by atoms with Crippen molar-refractivity contribution in [3.8, 4) is 47.9 Å². The summed E-state index contributed by atoms with van der Waals surface area (Å²) >= 11 is 0. The molecule has 0 unspecified atom stereocenters. The normalized spacial score (nSPS) is 14.7. The summed E-state index contributed by atoms with van der Waals surface area (Å²) in [5.41, 5.74) is -11.6. The molecule has 5 atom stereocenters. The van der Waals surface area contributed by atoms with Crippen LogP contribution in [0.1, 0.15) is 126 Å². The fourth-order valence-electron chi connectivity index (χ4n) is 8.49. The first-order valence-corrected chi connectivity index (χ1v) is 26.1. The van der Waals surface area contributed by atoms with Crippen LogP contribution in [0.4, 0.5) is 39.5 Å². The lowest BCUT2D eigenvalue weighted by molar-refractivity contribution is -0.278. The lowest BCUT2D eigenvalue weighted by Gasteiger charge is -2.33. The number of carbonyl (C=O) groups excluding carboxylic acids is 3. The van der Waals surface area contributed by atoms with Crippen molar-refractivity contribution in [2.75, 3.05) is 27.9 Å². The van der Waals surface area contributed by atoms with Gasteiger partial charge in [0.15, 0.2) is 18.8 Å². The minimum atomic E-state index is -5.22. The summed E-state index contributed by atoms with van der Waals surface area (Å²) in [4.78, 5) is 39.0. The van der Waals surface area contributed by atoms with Gasteiger partial charge in [-0.25, -0.2) is 14.4 Å². The summed E-state index contributed by atoms with van der Waals surface area (Å²) in [6, 6.07) is 19.0. The van der Waals surface area contributed by atoms with Crippen LogP contribution < -0.4 is 0 Å². The number of hydrogen-bond donors (Lipinski definition) is 0. The van der Waals surface area contributed by atoms with Crippen molar-refractivity contribution < 1.29 is 82.3 Å². The Morgan fingerprint density at radius 2 is 0.838 bits per heavy atom. The SMILES string of the molecule is C#C[C@@H](/C=C/CCCCCCCCCC/C=C\CCCCCCC[C@@H](C#CC#CC#CCOC(=O)[C@](OC)(c1ccccc1)C(F)(F)F)OC(=O)[C@](OC)(c1ccccc1)C(F)(F)F)OC(=O)[C@](OC)(c1ccccc1)C(F)(F)F. The minimum Gasteiger partial charge on any atom is -0.450 e. The molecule has 18 heteroatoms. The number of allylic oxidation sites excluding steroid dienone is 3. The number of rotatable bonds is 32. The third-order valence-corrected chi connectivity index (χ3v) is 12.8. The van der Waals surface area contributed by atoms with Gasteiger partial charge < -0.3 is 28.4 Å². The second-order valence-electron chi connectivity index (χ2n) is 18.2. The van der Waals surface area contributed by atoms with Gasteiger partial charge in [-0.1, -0.05) is 173 Å². The molecular formula is C62H67F9O9. The van der Waals surface area contributed by atoms with Gasteiger partial charge in [-0.15, -0.1) is 6.42 Å². The van der Waals surface area contributed by atoms with E-state index in [1.807, 2.05) is 0 Å². The maximum atomic E-state index is 14.6. The molecule has 0 aliphatic heterocycles. The quantitative estimate of drug-likeness (QED) is 0.0151. The summed E-state index contributed by atoms with van der Waals surface area (Å²) in [5.74, 6) is 11.3. The van der Waals surface area contributed by atoms with Crippen LogP contribution in [0.15, 0.2) is 115 Å². The molecule has 80 heavy (non-hydrogen) atoms. The highest BCUT2D eigenvalue weighted by atomic mass is 19.4. The number of carbonyl (C=O) groups is 3. The third kappa shape index (κ3) is 19.4. The van der Waals surface area contributed by atoms with Crippen LogP contribution in [-0.4, -0.2) is 76.6 Å². The van der Waals surface area contributed by atoms with E-state index in [-0.39, 0.29) is 6.42 Å². The Kier molecular flexibility index (Phi) is 28.8. The highest BCUT2D eigenvalue weighted by Crippen LogP contribution is 2.45. The standard InChI is InChI=1S/C62H67F9O9/c1-5-52(79-55(73)58(76-3,61(66,67)68)50-41-31-27-32-42-50)45-35-22-19-17-15-13-11-9-7-6-8-10-12-14-16-18-20-23-36-46-53(80-56(74)59(77-4,62(69,70)71)51-43-33-28-34-44-51)47-37-24-21-25-38-48-78-54(72)57(75-2,60(63,64)65)49-39-29-26-30-40-49/h1,10,12,26-35,39-45,52-53H,6-9,11,13-20,22-23,36,46,48H2,2-4H3/b12-10-,45-35+/t52-,53-,57+,58+,59+/m0/s1. The van der Waals surface area contributed by atoms with E-state index in [9.17, 15) is 53.9 Å². The number of unbranched alkanes of at least 4 members (excludes halogenated alkanes) is 14. The first-order valence-electron chi connectivity index (χ1n) is 26.1. The highest BCUT2D eigenvalue weighted by molar-refractivity contribution is 5.84. The van der Waals surface area contributed by atoms with E-state index >= 15 is 0 Å². The molecule has 3 aromatic rings. The second kappa shape index (κ2) is 34.2. The van der Waals surface area contributed by atoms with Gasteiger partial charge in [0.2, 0.25) is 0 Å². The van der Waals surface area contributed by atoms with Gasteiger partial charge >= 0.3 is 36.4 Å². The molecule has 0 aliphatic rings. The van der Waals surface area contributed by atoms with Gasteiger partial charge in [-0.05, 0) is 93.0 Å². The van der Waals surface area contributed by atoms with E-state index in [0.29, 0.717) is 19.3 Å². The van der Waals surface area contributed by atoms with E-state index in [2.05, 4.69) is 58.3 Å². The smallest absolute Gasteiger partial charge is 0.432 e. The van der Waals surface area contributed by atoms with Gasteiger partial charge in [-0.2, -0.15) is 39.5 Å². The lowest BCUT2D eigenvalue weighted by Crippen LogP contribution is -2.52. The molecular weight excluding hydrogens is 1060 g/mol. The summed E-state index contributed by atoms with van der Waals surface area (Å²) in [5, 5.41) is 0. The van der Waals surface area contributed by atoms with Gasteiger partial charge in [0, 0.05) is 38.0 Å². The van der Waals surface area contributed by atoms with Crippen LogP contribution in [0.3, 0.4) is 0 Å². The number of methoxy groups -OCH3 is 3. The van der Waals surface area contributed by atoms with Crippen LogP contribution in [0, 0.1) is 47.9 Å². The van der Waals surface area contributed by atoms with Gasteiger partial charge in [-0.3, -0.25) is 0 Å². The first-order chi connectivity index (χ1) is 38.2. The van der Waals surface area contributed by atoms with Gasteiger partial charge in [0.1, 0.15) is 0 Å². The van der Waals surface area contributed by atoms with Gasteiger partial charge in [0.05, 0.1) is 0 Å². The van der Waals surface area contributed by atoms with E-state index < -0.39 is 88.7 Å². The molecule has 0 saturated heterocycles. The molecule has 0 fully saturated rings. The van der Waals surface area contributed by atoms with E-state index in [1.165, 1.54) is 60.7 Å². The molecule has 9 nitrogen and oxygen atoms in total. The van der Waals surface area contributed by atoms with E-state index in [4.69, 9.17) is 30.1 Å². The molecule has 0 N–H and O–H groups in total. The number of halogens is 9. The predicted molar refractivity (Wildman–Crippen MR) is 283 cm³/mol. The van der Waals surface area contributed by atoms with Crippen molar-refractivity contribution in [3.63, 3.8) is 0 Å². The maximum absolute atomic E-state index is 14.6. The zero-order valence-electron chi connectivity index (χ0n) is 45.0. The summed E-state index contributed by atoms with van der Waals surface area (Å²) in [6.07, 6.45) is 9.25. The lowest BCUT2D eigenvalue weighted by atomic mass is 9.92. The van der Waals surface area contributed by atoms with Crippen molar-refractivity contribution in [3.05, 3.63) is 132 Å². The van der Waals surface area contributed by atoms with Crippen LogP contribution in [0.25, 0.3) is 0 Å². The largest absolute Gasteiger partial charge is 0.450 e. The zero-order valence-corrected chi connectivity index (χ0v) is 45.0. The number of esters is 3. The van der Waals surface area contributed by atoms with Gasteiger partial charge in [0.25, 0.3) is 16.8 Å². The Hall–Kier alpha value is -6.96. The van der Waals surface area contributed by atoms with Crippen LogP contribution in [0.5, 0.6) is 0 Å². The predicted octanol–water partition coefficient (Wildman–Crippen LogP) is 14.1. The topological polar surface area (TPSA) is 107 Å². The molecule has 3 aromatic carbocycles. The van der Waals surface area contributed by atoms with Crippen LogP contribution in [-0.2, 0) is 59.6 Å². The number of benzene rings is 3. The van der Waals surface area contributed by atoms with E-state index in [0.717, 1.165) is 141 Å². The number of terminal acetylenes is 1. The Bertz CT molecular complexity index is 2650. The fraction of sp³-hybridized carbons (Fsp3) is 0.468. The Morgan fingerprint density at radius 1 is 0.475 bits per heavy atom. The summed E-state index contributed by atoms with van der Waals surface area (Å²) in [6.45, 7) is -0.794. The molecule has 0 amide bonds. The van der Waals surface area contributed by atoms with Crippen molar-refractivity contribution in [2.45, 2.75) is 157 Å². The second-order valence-corrected chi connectivity index (χ2v) is 18.2. The first kappa shape index (κ1) is 67.3. The molecule has 432 valence electrons. The van der Waals surface area contributed by atoms with Crippen molar-refractivity contribution >= 4 is 17.9 Å².